The zero-order valence-electron chi connectivity index (χ0n) is 12.9. The molecule has 1 aromatic heterocycles. The van der Waals surface area contributed by atoms with Crippen molar-refractivity contribution in [2.24, 2.45) is 5.92 Å². The molecule has 0 aliphatic carbocycles. The van der Waals surface area contributed by atoms with Gasteiger partial charge in [-0.25, -0.2) is 4.98 Å². The Bertz CT molecular complexity index is 690. The zero-order chi connectivity index (χ0) is 14.8. The smallest absolute Gasteiger partial charge is 0.114 e. The van der Waals surface area contributed by atoms with E-state index in [1.165, 1.54) is 11.1 Å². The molecule has 0 saturated carbocycles. The van der Waals surface area contributed by atoms with Gasteiger partial charge in [0.2, 0.25) is 0 Å². The molecular weight excluding hydrogens is 256 g/mol. The van der Waals surface area contributed by atoms with Crippen LogP contribution in [0.25, 0.3) is 11.0 Å². The summed E-state index contributed by atoms with van der Waals surface area (Å²) < 4.78 is 0. The van der Waals surface area contributed by atoms with Crippen LogP contribution >= 0.6 is 0 Å². The van der Waals surface area contributed by atoms with Crippen molar-refractivity contribution >= 4 is 11.0 Å². The van der Waals surface area contributed by atoms with E-state index >= 15 is 0 Å². The summed E-state index contributed by atoms with van der Waals surface area (Å²) in [7, 11) is 0. The summed E-state index contributed by atoms with van der Waals surface area (Å²) in [6, 6.07) is 17.1. The third kappa shape index (κ3) is 2.99. The van der Waals surface area contributed by atoms with Crippen LogP contribution in [-0.2, 0) is 6.42 Å². The number of hydrogen-bond acceptors (Lipinski definition) is 1. The first kappa shape index (κ1) is 13.9. The second-order valence-corrected chi connectivity index (χ2v) is 6.20. The molecule has 0 aliphatic rings. The van der Waals surface area contributed by atoms with E-state index < -0.39 is 0 Å². The van der Waals surface area contributed by atoms with E-state index in [0.717, 1.165) is 23.3 Å². The minimum Gasteiger partial charge on any atom is -0.341 e. The average Bonchev–Trinajstić information content (AvgIpc) is 2.90. The van der Waals surface area contributed by atoms with Crippen molar-refractivity contribution in [3.8, 4) is 0 Å². The van der Waals surface area contributed by atoms with Crippen molar-refractivity contribution in [1.29, 1.82) is 0 Å². The van der Waals surface area contributed by atoms with Gasteiger partial charge < -0.3 is 4.98 Å². The van der Waals surface area contributed by atoms with E-state index in [4.69, 9.17) is 4.98 Å². The fourth-order valence-corrected chi connectivity index (χ4v) is 2.75. The van der Waals surface area contributed by atoms with Crippen molar-refractivity contribution in [2.45, 2.75) is 33.1 Å². The first-order chi connectivity index (χ1) is 10.1. The first-order valence-corrected chi connectivity index (χ1v) is 7.67. The van der Waals surface area contributed by atoms with E-state index in [1.54, 1.807) is 0 Å². The van der Waals surface area contributed by atoms with Gasteiger partial charge in [-0.05, 0) is 35.6 Å². The summed E-state index contributed by atoms with van der Waals surface area (Å²) in [5, 5.41) is 0. The molecule has 0 saturated heterocycles. The molecule has 2 aromatic carbocycles. The quantitative estimate of drug-likeness (QED) is 0.721. The van der Waals surface area contributed by atoms with Gasteiger partial charge in [0.1, 0.15) is 5.82 Å². The van der Waals surface area contributed by atoms with Crippen LogP contribution in [0.1, 0.15) is 43.6 Å². The minimum atomic E-state index is 0.283. The highest BCUT2D eigenvalue weighted by Crippen LogP contribution is 2.24. The molecule has 3 rings (SSSR count). The van der Waals surface area contributed by atoms with Gasteiger partial charge >= 0.3 is 0 Å². The Kier molecular flexibility index (Phi) is 3.78. The van der Waals surface area contributed by atoms with Crippen LogP contribution in [0.5, 0.6) is 0 Å². The van der Waals surface area contributed by atoms with Gasteiger partial charge in [-0.15, -0.1) is 0 Å². The molecular formula is C19H22N2. The first-order valence-electron chi connectivity index (χ1n) is 7.67. The molecule has 0 spiro atoms. The third-order valence-electron chi connectivity index (χ3n) is 3.94. The Morgan fingerprint density at radius 2 is 1.67 bits per heavy atom. The number of rotatable bonds is 4. The number of aromatic amines is 1. The van der Waals surface area contributed by atoms with E-state index in [0.29, 0.717) is 5.92 Å². The summed E-state index contributed by atoms with van der Waals surface area (Å²) in [6.07, 6.45) is 1.14. The number of fused-ring (bicyclic) bond motifs is 1. The van der Waals surface area contributed by atoms with E-state index in [2.05, 4.69) is 56.1 Å². The van der Waals surface area contributed by atoms with E-state index in [9.17, 15) is 0 Å². The van der Waals surface area contributed by atoms with Crippen molar-refractivity contribution in [3.63, 3.8) is 0 Å². The summed E-state index contributed by atoms with van der Waals surface area (Å²) in [4.78, 5) is 8.13. The van der Waals surface area contributed by atoms with E-state index in [-0.39, 0.29) is 5.92 Å². The van der Waals surface area contributed by atoms with Crippen molar-refractivity contribution in [3.05, 3.63) is 65.5 Å². The number of benzene rings is 2. The van der Waals surface area contributed by atoms with Crippen LogP contribution in [0.3, 0.4) is 0 Å². The molecule has 1 heterocycles. The molecule has 2 heteroatoms. The largest absolute Gasteiger partial charge is 0.341 e. The predicted molar refractivity (Wildman–Crippen MR) is 88.6 cm³/mol. The molecule has 0 radical (unpaired) electrons. The van der Waals surface area contributed by atoms with Crippen molar-refractivity contribution < 1.29 is 0 Å². The highest BCUT2D eigenvalue weighted by atomic mass is 14.9. The average molecular weight is 278 g/mol. The molecule has 108 valence electrons. The molecule has 1 atom stereocenters. The summed E-state index contributed by atoms with van der Waals surface area (Å²) in [5.41, 5.74) is 4.86. The van der Waals surface area contributed by atoms with Gasteiger partial charge in [0.25, 0.3) is 0 Å². The lowest BCUT2D eigenvalue weighted by atomic mass is 9.96. The van der Waals surface area contributed by atoms with Gasteiger partial charge in [0.05, 0.1) is 11.0 Å². The Morgan fingerprint density at radius 1 is 0.952 bits per heavy atom. The SMILES string of the molecule is CC(C)Cc1ccc([C@H](C)c2nc3ccccc3[nH]2)cc1. The maximum atomic E-state index is 4.70. The molecule has 3 aromatic rings. The van der Waals surface area contributed by atoms with Gasteiger partial charge in [-0.1, -0.05) is 57.2 Å². The number of para-hydroxylation sites is 2. The molecule has 0 fully saturated rings. The summed E-state index contributed by atoms with van der Waals surface area (Å²) >= 11 is 0. The third-order valence-corrected chi connectivity index (χ3v) is 3.94. The standard InChI is InChI=1S/C19H22N2/c1-13(2)12-15-8-10-16(11-9-15)14(3)19-20-17-6-4-5-7-18(17)21-19/h4-11,13-14H,12H2,1-3H3,(H,20,21)/t14-/m0/s1. The van der Waals surface area contributed by atoms with Crippen LogP contribution in [0.2, 0.25) is 0 Å². The lowest BCUT2D eigenvalue weighted by Crippen LogP contribution is -1.99. The predicted octanol–water partition coefficient (Wildman–Crippen LogP) is 4.91. The molecule has 21 heavy (non-hydrogen) atoms. The molecule has 1 N–H and O–H groups in total. The van der Waals surface area contributed by atoms with Crippen LogP contribution < -0.4 is 0 Å². The van der Waals surface area contributed by atoms with Crippen LogP contribution in [-0.4, -0.2) is 9.97 Å². The Labute approximate surface area is 126 Å². The normalized spacial score (nSPS) is 13.0. The second kappa shape index (κ2) is 5.72. The maximum absolute atomic E-state index is 4.70. The Balaban J connectivity index is 1.85. The number of nitrogens with zero attached hydrogens (tertiary/aromatic N) is 1. The molecule has 0 bridgehead atoms. The molecule has 0 unspecified atom stereocenters. The van der Waals surface area contributed by atoms with Gasteiger partial charge in [0, 0.05) is 5.92 Å². The van der Waals surface area contributed by atoms with Crippen LogP contribution in [0.15, 0.2) is 48.5 Å². The maximum Gasteiger partial charge on any atom is 0.114 e. The monoisotopic (exact) mass is 278 g/mol. The zero-order valence-corrected chi connectivity index (χ0v) is 12.9. The Morgan fingerprint density at radius 3 is 2.33 bits per heavy atom. The van der Waals surface area contributed by atoms with Crippen molar-refractivity contribution in [1.82, 2.24) is 9.97 Å². The fourth-order valence-electron chi connectivity index (χ4n) is 2.75. The molecule has 0 aliphatic heterocycles. The van der Waals surface area contributed by atoms with E-state index in [1.807, 2.05) is 18.2 Å². The summed E-state index contributed by atoms with van der Waals surface area (Å²) in [5.74, 6) is 2.02. The van der Waals surface area contributed by atoms with Gasteiger partial charge in [-0.2, -0.15) is 0 Å². The summed E-state index contributed by atoms with van der Waals surface area (Å²) in [6.45, 7) is 6.71. The second-order valence-electron chi connectivity index (χ2n) is 6.20. The minimum absolute atomic E-state index is 0.283. The number of nitrogens with one attached hydrogen (secondary N) is 1. The Hall–Kier alpha value is -2.09. The van der Waals surface area contributed by atoms with Gasteiger partial charge in [-0.3, -0.25) is 0 Å². The van der Waals surface area contributed by atoms with Crippen molar-refractivity contribution in [2.75, 3.05) is 0 Å². The number of aromatic nitrogens is 2. The molecule has 0 amide bonds. The highest BCUT2D eigenvalue weighted by Gasteiger charge is 2.13. The number of imidazole rings is 1. The lowest BCUT2D eigenvalue weighted by molar-refractivity contribution is 0.647. The number of H-pyrrole nitrogens is 1. The fraction of sp³-hybridized carbons (Fsp3) is 0.316. The highest BCUT2D eigenvalue weighted by molar-refractivity contribution is 5.74. The van der Waals surface area contributed by atoms with Gasteiger partial charge in [0.15, 0.2) is 0 Å². The van der Waals surface area contributed by atoms with Crippen LogP contribution in [0, 0.1) is 5.92 Å². The van der Waals surface area contributed by atoms with Crippen LogP contribution in [0.4, 0.5) is 0 Å². The number of hydrogen-bond donors (Lipinski definition) is 1. The lowest BCUT2D eigenvalue weighted by Gasteiger charge is -2.11. The molecule has 2 nitrogen and oxygen atoms in total. The topological polar surface area (TPSA) is 28.7 Å².